The summed E-state index contributed by atoms with van der Waals surface area (Å²) in [6.07, 6.45) is 0.721. The molecule has 0 saturated carbocycles. The fraction of sp³-hybridized carbons (Fsp3) is 0.308. The van der Waals surface area contributed by atoms with Gasteiger partial charge < -0.3 is 14.6 Å². The van der Waals surface area contributed by atoms with Gasteiger partial charge in [0.2, 0.25) is 5.91 Å². The number of anilines is 1. The molecular formula is C26H29N5O2S2. The number of nitrogens with one attached hydrogen (secondary N) is 1. The van der Waals surface area contributed by atoms with Crippen LogP contribution in [0.5, 0.6) is 5.75 Å². The number of aryl methyl sites for hydroxylation is 2. The van der Waals surface area contributed by atoms with E-state index in [1.54, 1.807) is 0 Å². The third kappa shape index (κ3) is 6.29. The van der Waals surface area contributed by atoms with Gasteiger partial charge in [-0.3, -0.25) is 4.79 Å². The Kier molecular flexibility index (Phi) is 8.20. The smallest absolute Gasteiger partial charge is 0.236 e. The van der Waals surface area contributed by atoms with Crippen molar-refractivity contribution in [1.82, 2.24) is 19.7 Å². The van der Waals surface area contributed by atoms with E-state index in [2.05, 4.69) is 58.6 Å². The number of benzene rings is 2. The average Bonchev–Trinajstić information content (AvgIpc) is 3.50. The van der Waals surface area contributed by atoms with E-state index in [-0.39, 0.29) is 17.8 Å². The highest BCUT2D eigenvalue weighted by Gasteiger charge is 2.20. The van der Waals surface area contributed by atoms with Crippen molar-refractivity contribution in [2.24, 2.45) is 0 Å². The maximum absolute atomic E-state index is 12.6. The lowest BCUT2D eigenvalue weighted by Gasteiger charge is -2.15. The molecule has 1 amide bonds. The highest BCUT2D eigenvalue weighted by molar-refractivity contribution is 7.99. The first-order valence-corrected chi connectivity index (χ1v) is 13.5. The quantitative estimate of drug-likeness (QED) is 0.259. The van der Waals surface area contributed by atoms with Crippen molar-refractivity contribution >= 4 is 34.1 Å². The molecule has 0 aliphatic heterocycles. The summed E-state index contributed by atoms with van der Waals surface area (Å²) in [4.78, 5) is 17.1. The number of rotatable bonds is 10. The van der Waals surface area contributed by atoms with Crippen LogP contribution in [0, 0.1) is 6.92 Å². The number of thiazole rings is 1. The van der Waals surface area contributed by atoms with Crippen LogP contribution >= 0.6 is 23.1 Å². The van der Waals surface area contributed by atoms with Gasteiger partial charge in [-0.15, -0.1) is 21.5 Å². The number of carbonyl (C=O) groups excluding carboxylic acids is 1. The topological polar surface area (TPSA) is 81.9 Å². The molecule has 0 fully saturated rings. The normalized spacial score (nSPS) is 11.9. The van der Waals surface area contributed by atoms with Crippen molar-refractivity contribution in [2.75, 3.05) is 11.1 Å². The van der Waals surface area contributed by atoms with E-state index >= 15 is 0 Å². The summed E-state index contributed by atoms with van der Waals surface area (Å²) < 4.78 is 8.07. The number of carbonyl (C=O) groups is 1. The van der Waals surface area contributed by atoms with Gasteiger partial charge in [0, 0.05) is 17.5 Å². The minimum atomic E-state index is -0.270. The Bertz CT molecular complexity index is 1270. The molecule has 4 aromatic rings. The highest BCUT2D eigenvalue weighted by atomic mass is 32.2. The van der Waals surface area contributed by atoms with E-state index in [0.717, 1.165) is 29.3 Å². The average molecular weight is 508 g/mol. The van der Waals surface area contributed by atoms with Crippen LogP contribution in [0.25, 0.3) is 11.3 Å². The molecule has 35 heavy (non-hydrogen) atoms. The lowest BCUT2D eigenvalue weighted by Crippen LogP contribution is -2.15. The molecule has 0 saturated heterocycles. The van der Waals surface area contributed by atoms with E-state index < -0.39 is 0 Å². The summed E-state index contributed by atoms with van der Waals surface area (Å²) in [5, 5.41) is 14.8. The van der Waals surface area contributed by atoms with Crippen molar-refractivity contribution < 1.29 is 9.53 Å². The third-order valence-electron chi connectivity index (χ3n) is 5.50. The molecular weight excluding hydrogens is 478 g/mol. The van der Waals surface area contributed by atoms with Gasteiger partial charge in [0.05, 0.1) is 11.4 Å². The molecule has 4 rings (SSSR count). The van der Waals surface area contributed by atoms with Gasteiger partial charge in [-0.05, 0) is 44.9 Å². The number of ether oxygens (including phenoxy) is 1. The second-order valence-electron chi connectivity index (χ2n) is 8.08. The largest absolute Gasteiger partial charge is 0.483 e. The second-order valence-corrected chi connectivity index (χ2v) is 9.88. The summed E-state index contributed by atoms with van der Waals surface area (Å²) in [5.74, 6) is 1.61. The van der Waals surface area contributed by atoms with Crippen LogP contribution in [-0.2, 0) is 17.8 Å². The van der Waals surface area contributed by atoms with Crippen LogP contribution < -0.4 is 10.1 Å². The minimum absolute atomic E-state index is 0.132. The molecule has 2 heterocycles. The first kappa shape index (κ1) is 24.9. The molecule has 2 aromatic carbocycles. The Morgan fingerprint density at radius 2 is 1.86 bits per heavy atom. The van der Waals surface area contributed by atoms with Crippen LogP contribution in [0.3, 0.4) is 0 Å². The summed E-state index contributed by atoms with van der Waals surface area (Å²) in [6, 6.07) is 16.3. The molecule has 2 aromatic heterocycles. The Balaban J connectivity index is 1.34. The highest BCUT2D eigenvalue weighted by Crippen LogP contribution is 2.27. The molecule has 1 atom stereocenters. The maximum Gasteiger partial charge on any atom is 0.236 e. The maximum atomic E-state index is 12.6. The van der Waals surface area contributed by atoms with E-state index in [0.29, 0.717) is 16.8 Å². The monoisotopic (exact) mass is 507 g/mol. The standard InChI is InChI=1S/C26H29N5O2S2/c1-5-19-9-13-21(14-10-19)33-18(4)24-29-30-26(31(24)6-2)35-16-23(32)28-25-27-22(15-34-25)20-11-7-17(3)8-12-20/h7-15,18H,5-6,16H2,1-4H3,(H,27,28,32)/t18-/m0/s1. The zero-order chi connectivity index (χ0) is 24.8. The number of aromatic nitrogens is 4. The number of hydrogen-bond acceptors (Lipinski definition) is 7. The van der Waals surface area contributed by atoms with Crippen LogP contribution in [0.2, 0.25) is 0 Å². The number of nitrogens with zero attached hydrogens (tertiary/aromatic N) is 4. The van der Waals surface area contributed by atoms with Crippen molar-refractivity contribution in [3.8, 4) is 17.0 Å². The van der Waals surface area contributed by atoms with Crippen molar-refractivity contribution in [1.29, 1.82) is 0 Å². The van der Waals surface area contributed by atoms with E-state index in [9.17, 15) is 4.79 Å². The summed E-state index contributed by atoms with van der Waals surface area (Å²) in [6.45, 7) is 8.85. The van der Waals surface area contributed by atoms with Crippen LogP contribution in [0.4, 0.5) is 5.13 Å². The molecule has 0 aliphatic carbocycles. The molecule has 0 radical (unpaired) electrons. The molecule has 0 bridgehead atoms. The van der Waals surface area contributed by atoms with Gasteiger partial charge in [0.1, 0.15) is 5.75 Å². The Morgan fingerprint density at radius 1 is 1.11 bits per heavy atom. The summed E-state index contributed by atoms with van der Waals surface area (Å²) in [5.41, 5.74) is 4.35. The Morgan fingerprint density at radius 3 is 2.54 bits per heavy atom. The fourth-order valence-electron chi connectivity index (χ4n) is 3.54. The molecule has 1 N–H and O–H groups in total. The van der Waals surface area contributed by atoms with Gasteiger partial charge in [0.15, 0.2) is 22.2 Å². The molecule has 0 unspecified atom stereocenters. The molecule has 182 valence electrons. The molecule has 0 spiro atoms. The fourth-order valence-corrected chi connectivity index (χ4v) is 5.08. The molecule has 0 aliphatic rings. The molecule has 7 nitrogen and oxygen atoms in total. The van der Waals surface area contributed by atoms with Crippen LogP contribution in [0.15, 0.2) is 59.1 Å². The van der Waals surface area contributed by atoms with Crippen molar-refractivity contribution in [3.05, 3.63) is 70.9 Å². The first-order valence-electron chi connectivity index (χ1n) is 11.6. The lowest BCUT2D eigenvalue weighted by molar-refractivity contribution is -0.113. The summed E-state index contributed by atoms with van der Waals surface area (Å²) in [7, 11) is 0. The zero-order valence-electron chi connectivity index (χ0n) is 20.3. The first-order chi connectivity index (χ1) is 17.0. The van der Waals surface area contributed by atoms with Crippen molar-refractivity contribution in [2.45, 2.75) is 51.9 Å². The van der Waals surface area contributed by atoms with Gasteiger partial charge >= 0.3 is 0 Å². The Hall–Kier alpha value is -3.17. The second kappa shape index (κ2) is 11.5. The van der Waals surface area contributed by atoms with Crippen LogP contribution in [-0.4, -0.2) is 31.4 Å². The predicted molar refractivity (Wildman–Crippen MR) is 142 cm³/mol. The van der Waals surface area contributed by atoms with Gasteiger partial charge in [-0.1, -0.05) is 60.6 Å². The SMILES string of the molecule is CCc1ccc(O[C@@H](C)c2nnc(SCC(=O)Nc3nc(-c4ccc(C)cc4)cs3)n2CC)cc1. The van der Waals surface area contributed by atoms with Gasteiger partial charge in [-0.25, -0.2) is 4.98 Å². The predicted octanol–water partition coefficient (Wildman–Crippen LogP) is 6.16. The third-order valence-corrected chi connectivity index (χ3v) is 7.22. The van der Waals surface area contributed by atoms with Gasteiger partial charge in [0.25, 0.3) is 0 Å². The van der Waals surface area contributed by atoms with E-state index in [1.165, 1.54) is 34.2 Å². The van der Waals surface area contributed by atoms with E-state index in [1.807, 2.05) is 48.1 Å². The number of hydrogen-bond donors (Lipinski definition) is 1. The number of thioether (sulfide) groups is 1. The lowest BCUT2D eigenvalue weighted by atomic mass is 10.1. The number of amides is 1. The summed E-state index contributed by atoms with van der Waals surface area (Å²) >= 11 is 2.77. The van der Waals surface area contributed by atoms with Gasteiger partial charge in [-0.2, -0.15) is 0 Å². The molecule has 9 heteroatoms. The van der Waals surface area contributed by atoms with E-state index in [4.69, 9.17) is 4.74 Å². The zero-order valence-corrected chi connectivity index (χ0v) is 21.9. The van der Waals surface area contributed by atoms with Crippen molar-refractivity contribution in [3.63, 3.8) is 0 Å². The minimum Gasteiger partial charge on any atom is -0.483 e. The Labute approximate surface area is 214 Å². The van der Waals surface area contributed by atoms with Crippen LogP contribution in [0.1, 0.15) is 43.8 Å².